The second-order valence-corrected chi connectivity index (χ2v) is 6.16. The lowest BCUT2D eigenvalue weighted by molar-refractivity contribution is 0.494. The van der Waals surface area contributed by atoms with Crippen LogP contribution in [0, 0.1) is 0 Å². The Morgan fingerprint density at radius 2 is 2.40 bits per heavy atom. The maximum absolute atomic E-state index is 11.7. The fourth-order valence-corrected chi connectivity index (χ4v) is 3.37. The highest BCUT2D eigenvalue weighted by Gasteiger charge is 2.08. The van der Waals surface area contributed by atoms with Gasteiger partial charge in [0.15, 0.2) is 11.2 Å². The molecule has 7 heteroatoms. The zero-order valence-electron chi connectivity index (χ0n) is 10.5. The summed E-state index contributed by atoms with van der Waals surface area (Å²) in [6, 6.07) is 5.58. The first-order chi connectivity index (χ1) is 9.74. The van der Waals surface area contributed by atoms with E-state index in [2.05, 4.69) is 37.7 Å². The van der Waals surface area contributed by atoms with Gasteiger partial charge in [-0.15, -0.1) is 11.3 Å². The van der Waals surface area contributed by atoms with E-state index in [1.54, 1.807) is 34.2 Å². The Bertz CT molecular complexity index is 777. The number of oxazole rings is 1. The molecule has 20 heavy (non-hydrogen) atoms. The Morgan fingerprint density at radius 3 is 3.20 bits per heavy atom. The Balaban J connectivity index is 1.62. The number of hydrogen-bond donors (Lipinski definition) is 1. The van der Waals surface area contributed by atoms with Crippen LogP contribution in [-0.2, 0) is 13.1 Å². The van der Waals surface area contributed by atoms with Crippen LogP contribution in [0.5, 0.6) is 0 Å². The molecule has 0 fully saturated rings. The van der Waals surface area contributed by atoms with Crippen LogP contribution < -0.4 is 11.1 Å². The van der Waals surface area contributed by atoms with E-state index in [1.165, 1.54) is 4.88 Å². The summed E-state index contributed by atoms with van der Waals surface area (Å²) in [5, 5.41) is 5.36. The van der Waals surface area contributed by atoms with Gasteiger partial charge in [0, 0.05) is 40.6 Å². The summed E-state index contributed by atoms with van der Waals surface area (Å²) >= 11 is 5.12. The number of nitrogens with one attached hydrogen (secondary N) is 1. The third-order valence-corrected chi connectivity index (χ3v) is 4.55. The summed E-state index contributed by atoms with van der Waals surface area (Å²) in [7, 11) is 0. The topological polar surface area (TPSA) is 60.1 Å². The van der Waals surface area contributed by atoms with Gasteiger partial charge in [0.25, 0.3) is 0 Å². The first-order valence-corrected chi connectivity index (χ1v) is 7.79. The van der Waals surface area contributed by atoms with E-state index >= 15 is 0 Å². The maximum Gasteiger partial charge on any atom is 0.421 e. The number of hydrogen-bond acceptors (Lipinski definition) is 5. The number of fused-ring (bicyclic) bond motifs is 1. The molecule has 104 valence electrons. The molecule has 0 amide bonds. The summed E-state index contributed by atoms with van der Waals surface area (Å²) in [6.07, 6.45) is 1.66. The van der Waals surface area contributed by atoms with E-state index in [1.807, 2.05) is 0 Å². The van der Waals surface area contributed by atoms with Gasteiger partial charge in [-0.1, -0.05) is 0 Å². The molecule has 0 aliphatic carbocycles. The molecule has 5 nitrogen and oxygen atoms in total. The number of aromatic nitrogens is 2. The molecule has 0 bridgehead atoms. The molecular weight excluding hydrogens is 342 g/mol. The second kappa shape index (κ2) is 5.90. The van der Waals surface area contributed by atoms with Gasteiger partial charge in [0.2, 0.25) is 0 Å². The zero-order valence-corrected chi connectivity index (χ0v) is 12.9. The quantitative estimate of drug-likeness (QED) is 0.716. The highest BCUT2D eigenvalue weighted by atomic mass is 79.9. The van der Waals surface area contributed by atoms with Crippen LogP contribution in [0.4, 0.5) is 0 Å². The predicted molar refractivity (Wildman–Crippen MR) is 82.0 cm³/mol. The van der Waals surface area contributed by atoms with Crippen LogP contribution in [0.15, 0.2) is 43.5 Å². The van der Waals surface area contributed by atoms with Gasteiger partial charge in [-0.25, -0.2) is 9.78 Å². The third-order valence-electron chi connectivity index (χ3n) is 2.86. The maximum atomic E-state index is 11.7. The van der Waals surface area contributed by atoms with Gasteiger partial charge in [-0.3, -0.25) is 4.57 Å². The van der Waals surface area contributed by atoms with Gasteiger partial charge in [0.1, 0.15) is 0 Å². The lowest BCUT2D eigenvalue weighted by atomic mass is 10.4. The molecule has 0 spiro atoms. The third kappa shape index (κ3) is 2.84. The number of thiophene rings is 1. The van der Waals surface area contributed by atoms with Gasteiger partial charge >= 0.3 is 5.76 Å². The molecule has 3 rings (SSSR count). The molecular formula is C13H12BrN3O2S. The minimum absolute atomic E-state index is 0.362. The molecule has 0 radical (unpaired) electrons. The molecule has 1 N–H and O–H groups in total. The first kappa shape index (κ1) is 13.5. The minimum atomic E-state index is -0.362. The number of pyridine rings is 1. The van der Waals surface area contributed by atoms with Crippen molar-refractivity contribution in [3.05, 3.63) is 49.7 Å². The van der Waals surface area contributed by atoms with E-state index in [-0.39, 0.29) is 5.76 Å². The molecule has 0 saturated carbocycles. The van der Waals surface area contributed by atoms with Crippen LogP contribution in [0.2, 0.25) is 0 Å². The summed E-state index contributed by atoms with van der Waals surface area (Å²) in [5.41, 5.74) is 1.12. The first-order valence-electron chi connectivity index (χ1n) is 6.12. The highest BCUT2D eigenvalue weighted by Crippen LogP contribution is 2.19. The summed E-state index contributed by atoms with van der Waals surface area (Å²) in [6.45, 7) is 2.00. The van der Waals surface area contributed by atoms with E-state index in [4.69, 9.17) is 4.42 Å². The average molecular weight is 354 g/mol. The van der Waals surface area contributed by atoms with Crippen molar-refractivity contribution in [2.45, 2.75) is 13.1 Å². The van der Waals surface area contributed by atoms with Crippen LogP contribution >= 0.6 is 27.3 Å². The van der Waals surface area contributed by atoms with E-state index in [0.29, 0.717) is 24.3 Å². The van der Waals surface area contributed by atoms with Gasteiger partial charge in [0.05, 0.1) is 0 Å². The van der Waals surface area contributed by atoms with Crippen LogP contribution in [0.25, 0.3) is 11.2 Å². The Kier molecular flexibility index (Phi) is 4.00. The summed E-state index contributed by atoms with van der Waals surface area (Å²) < 4.78 is 7.78. The van der Waals surface area contributed by atoms with Crippen LogP contribution in [-0.4, -0.2) is 16.1 Å². The van der Waals surface area contributed by atoms with Gasteiger partial charge in [-0.2, -0.15) is 0 Å². The van der Waals surface area contributed by atoms with E-state index in [0.717, 1.165) is 11.0 Å². The molecule has 0 aliphatic heterocycles. The molecule has 3 aromatic heterocycles. The molecule has 3 heterocycles. The molecule has 3 aromatic rings. The van der Waals surface area contributed by atoms with Crippen molar-refractivity contribution in [1.82, 2.24) is 14.9 Å². The highest BCUT2D eigenvalue weighted by molar-refractivity contribution is 9.10. The average Bonchev–Trinajstić information content (AvgIpc) is 2.98. The van der Waals surface area contributed by atoms with Crippen LogP contribution in [0.1, 0.15) is 4.88 Å². The van der Waals surface area contributed by atoms with Crippen molar-refractivity contribution in [1.29, 1.82) is 0 Å². The van der Waals surface area contributed by atoms with Crippen molar-refractivity contribution in [2.75, 3.05) is 6.54 Å². The largest absolute Gasteiger partial charge is 0.421 e. The van der Waals surface area contributed by atoms with Crippen molar-refractivity contribution < 1.29 is 4.42 Å². The van der Waals surface area contributed by atoms with Crippen LogP contribution in [0.3, 0.4) is 0 Å². The lowest BCUT2D eigenvalue weighted by Crippen LogP contribution is -2.24. The summed E-state index contributed by atoms with van der Waals surface area (Å²) in [5.74, 6) is -0.362. The van der Waals surface area contributed by atoms with E-state index < -0.39 is 0 Å². The van der Waals surface area contributed by atoms with Gasteiger partial charge in [-0.05, 0) is 34.1 Å². The fraction of sp³-hybridized carbons (Fsp3) is 0.231. The number of rotatable bonds is 5. The lowest BCUT2D eigenvalue weighted by Gasteiger charge is -2.03. The second-order valence-electron chi connectivity index (χ2n) is 4.25. The smallest absolute Gasteiger partial charge is 0.406 e. The standard InChI is InChI=1S/C13H12BrN3O2S/c14-9-6-10(20-8-9)7-15-4-5-17-12-11(19-13(17)18)2-1-3-16-12/h1-3,6,8,15H,4-5,7H2. The number of nitrogens with zero attached hydrogens (tertiary/aromatic N) is 2. The molecule has 0 atom stereocenters. The number of halogens is 1. The Morgan fingerprint density at radius 1 is 1.50 bits per heavy atom. The van der Waals surface area contributed by atoms with Crippen molar-refractivity contribution in [2.24, 2.45) is 0 Å². The van der Waals surface area contributed by atoms with Crippen molar-refractivity contribution >= 4 is 38.5 Å². The van der Waals surface area contributed by atoms with E-state index in [9.17, 15) is 4.79 Å². The molecule has 0 aliphatic rings. The van der Waals surface area contributed by atoms with Gasteiger partial charge < -0.3 is 9.73 Å². The molecule has 0 aromatic carbocycles. The van der Waals surface area contributed by atoms with Crippen molar-refractivity contribution in [3.8, 4) is 0 Å². The molecule has 0 unspecified atom stereocenters. The van der Waals surface area contributed by atoms with Crippen molar-refractivity contribution in [3.63, 3.8) is 0 Å². The Labute approximate surface area is 127 Å². The Hall–Kier alpha value is -1.44. The zero-order chi connectivity index (χ0) is 13.9. The summed E-state index contributed by atoms with van der Waals surface area (Å²) in [4.78, 5) is 17.2. The monoisotopic (exact) mass is 353 g/mol. The molecule has 0 saturated heterocycles. The minimum Gasteiger partial charge on any atom is -0.406 e. The fourth-order valence-electron chi connectivity index (χ4n) is 1.95. The normalized spacial score (nSPS) is 11.2. The predicted octanol–water partition coefficient (Wildman–Crippen LogP) is 2.60. The SMILES string of the molecule is O=c1oc2cccnc2n1CCNCc1cc(Br)cs1.